The van der Waals surface area contributed by atoms with E-state index in [2.05, 4.69) is 5.32 Å². The summed E-state index contributed by atoms with van der Waals surface area (Å²) in [6, 6.07) is 17.2. The summed E-state index contributed by atoms with van der Waals surface area (Å²) in [6.45, 7) is 0.439. The number of amides is 2. The number of halogens is 1. The molecule has 0 unspecified atom stereocenters. The quantitative estimate of drug-likeness (QED) is 0.829. The monoisotopic (exact) mass is 384 g/mol. The first-order valence-electron chi connectivity index (χ1n) is 9.40. The van der Waals surface area contributed by atoms with Crippen molar-refractivity contribution in [2.45, 2.75) is 32.2 Å². The van der Waals surface area contributed by atoms with Gasteiger partial charge in [-0.1, -0.05) is 48.0 Å². The number of anilines is 1. The first-order valence-corrected chi connectivity index (χ1v) is 9.78. The van der Waals surface area contributed by atoms with Crippen molar-refractivity contribution < 1.29 is 9.59 Å². The molecule has 3 rings (SSSR count). The lowest BCUT2D eigenvalue weighted by atomic mass is 9.81. The fraction of sp³-hybridized carbons (Fsp3) is 0.364. The number of nitrogens with zero attached hydrogens (tertiary/aromatic N) is 1. The first-order chi connectivity index (χ1) is 13.1. The van der Waals surface area contributed by atoms with E-state index in [9.17, 15) is 9.59 Å². The number of carbonyl (C=O) groups excluding carboxylic acids is 2. The lowest BCUT2D eigenvalue weighted by Crippen LogP contribution is -2.38. The molecule has 2 aromatic rings. The zero-order valence-electron chi connectivity index (χ0n) is 15.5. The molecular formula is C22H25ClN2O2. The van der Waals surface area contributed by atoms with Crippen LogP contribution in [0.1, 0.15) is 31.2 Å². The third-order valence-electron chi connectivity index (χ3n) is 5.33. The Kier molecular flexibility index (Phi) is 6.51. The van der Waals surface area contributed by atoms with Crippen molar-refractivity contribution in [3.05, 3.63) is 65.2 Å². The maximum atomic E-state index is 12.7. The molecule has 1 fully saturated rings. The third-order valence-corrected chi connectivity index (χ3v) is 5.70. The van der Waals surface area contributed by atoms with E-state index in [1.165, 1.54) is 0 Å². The van der Waals surface area contributed by atoms with Gasteiger partial charge in [0.05, 0.1) is 0 Å². The highest BCUT2D eigenvalue weighted by Gasteiger charge is 2.31. The summed E-state index contributed by atoms with van der Waals surface area (Å²) in [7, 11) is 1.82. The number of carbonyl (C=O) groups is 2. The Morgan fingerprint density at radius 1 is 0.963 bits per heavy atom. The van der Waals surface area contributed by atoms with Gasteiger partial charge in [0.15, 0.2) is 0 Å². The minimum absolute atomic E-state index is 0.0113. The number of benzene rings is 2. The molecule has 0 atom stereocenters. The maximum Gasteiger partial charge on any atom is 0.229 e. The van der Waals surface area contributed by atoms with Gasteiger partial charge in [-0.3, -0.25) is 9.59 Å². The van der Waals surface area contributed by atoms with Gasteiger partial charge in [0, 0.05) is 36.1 Å². The van der Waals surface area contributed by atoms with Crippen molar-refractivity contribution in [3.8, 4) is 0 Å². The standard InChI is InChI=1S/C22H25ClN2O2/c1-25(19-8-3-2-4-9-19)22(27)17-13-11-16(12-14-17)21(26)24-15-18-7-5-6-10-20(18)23/h2-10,16-17H,11-15H2,1H3,(H,24,26). The predicted octanol–water partition coefficient (Wildman–Crippen LogP) is 4.43. The second kappa shape index (κ2) is 9.05. The van der Waals surface area contributed by atoms with Crippen molar-refractivity contribution >= 4 is 29.1 Å². The SMILES string of the molecule is CN(C(=O)C1CCC(C(=O)NCc2ccccc2Cl)CC1)c1ccccc1. The zero-order chi connectivity index (χ0) is 19.2. The number of nitrogens with one attached hydrogen (secondary N) is 1. The normalized spacial score (nSPS) is 19.3. The Bertz CT molecular complexity index is 786. The molecule has 0 radical (unpaired) electrons. The third kappa shape index (κ3) is 4.89. The van der Waals surface area contributed by atoms with Gasteiger partial charge >= 0.3 is 0 Å². The highest BCUT2D eigenvalue weighted by Crippen LogP contribution is 2.31. The zero-order valence-corrected chi connectivity index (χ0v) is 16.3. The fourth-order valence-electron chi connectivity index (χ4n) is 3.62. The number of hydrogen-bond donors (Lipinski definition) is 1. The van der Waals surface area contributed by atoms with E-state index in [1.807, 2.05) is 61.6 Å². The summed E-state index contributed by atoms with van der Waals surface area (Å²) < 4.78 is 0. The smallest absolute Gasteiger partial charge is 0.229 e. The molecule has 5 heteroatoms. The van der Waals surface area contributed by atoms with Crippen LogP contribution in [0.4, 0.5) is 5.69 Å². The second-order valence-corrected chi connectivity index (χ2v) is 7.50. The van der Waals surface area contributed by atoms with E-state index in [0.717, 1.165) is 36.9 Å². The van der Waals surface area contributed by atoms with Gasteiger partial charge in [0.1, 0.15) is 0 Å². The minimum atomic E-state index is -0.0291. The van der Waals surface area contributed by atoms with Crippen molar-refractivity contribution in [1.29, 1.82) is 0 Å². The molecule has 0 saturated heterocycles. The highest BCUT2D eigenvalue weighted by atomic mass is 35.5. The number of para-hydroxylation sites is 1. The first kappa shape index (κ1) is 19.4. The van der Waals surface area contributed by atoms with Crippen LogP contribution in [0.25, 0.3) is 0 Å². The Morgan fingerprint density at radius 3 is 2.22 bits per heavy atom. The predicted molar refractivity (Wildman–Crippen MR) is 109 cm³/mol. The van der Waals surface area contributed by atoms with E-state index < -0.39 is 0 Å². The number of rotatable bonds is 5. The van der Waals surface area contributed by atoms with Crippen LogP contribution >= 0.6 is 11.6 Å². The highest BCUT2D eigenvalue weighted by molar-refractivity contribution is 6.31. The van der Waals surface area contributed by atoms with Crippen LogP contribution in [0.3, 0.4) is 0 Å². The summed E-state index contributed by atoms with van der Waals surface area (Å²) >= 11 is 6.13. The van der Waals surface area contributed by atoms with E-state index >= 15 is 0 Å². The maximum absolute atomic E-state index is 12.7. The molecule has 1 aliphatic carbocycles. The molecule has 27 heavy (non-hydrogen) atoms. The molecule has 0 heterocycles. The van der Waals surface area contributed by atoms with Crippen LogP contribution in [0.2, 0.25) is 5.02 Å². The molecule has 1 aliphatic rings. The van der Waals surface area contributed by atoms with Gasteiger partial charge in [-0.2, -0.15) is 0 Å². The van der Waals surface area contributed by atoms with Crippen LogP contribution in [-0.2, 0) is 16.1 Å². The Hall–Kier alpha value is -2.33. The topological polar surface area (TPSA) is 49.4 Å². The lowest BCUT2D eigenvalue weighted by molar-refractivity contribution is -0.129. The molecule has 4 nitrogen and oxygen atoms in total. The molecule has 2 amide bonds. The van der Waals surface area contributed by atoms with Crippen LogP contribution in [0.15, 0.2) is 54.6 Å². The summed E-state index contributed by atoms with van der Waals surface area (Å²) in [6.07, 6.45) is 2.99. The Morgan fingerprint density at radius 2 is 1.56 bits per heavy atom. The van der Waals surface area contributed by atoms with E-state index in [-0.39, 0.29) is 23.7 Å². The van der Waals surface area contributed by atoms with Gasteiger partial charge in [0.2, 0.25) is 11.8 Å². The van der Waals surface area contributed by atoms with Crippen LogP contribution in [0.5, 0.6) is 0 Å². The van der Waals surface area contributed by atoms with E-state index in [1.54, 1.807) is 4.90 Å². The average molecular weight is 385 g/mol. The molecule has 0 aliphatic heterocycles. The average Bonchev–Trinajstić information content (AvgIpc) is 2.72. The molecule has 1 saturated carbocycles. The Labute approximate surface area is 165 Å². The van der Waals surface area contributed by atoms with Gasteiger partial charge in [-0.25, -0.2) is 0 Å². The second-order valence-electron chi connectivity index (χ2n) is 7.09. The summed E-state index contributed by atoms with van der Waals surface area (Å²) in [4.78, 5) is 26.9. The molecular weight excluding hydrogens is 360 g/mol. The molecule has 2 aromatic carbocycles. The minimum Gasteiger partial charge on any atom is -0.352 e. The lowest BCUT2D eigenvalue weighted by Gasteiger charge is -2.30. The van der Waals surface area contributed by atoms with Crippen molar-refractivity contribution in [3.63, 3.8) is 0 Å². The van der Waals surface area contributed by atoms with Crippen molar-refractivity contribution in [2.75, 3.05) is 11.9 Å². The fourth-order valence-corrected chi connectivity index (χ4v) is 3.83. The summed E-state index contributed by atoms with van der Waals surface area (Å²) in [5.74, 6) is 0.148. The van der Waals surface area contributed by atoms with Gasteiger partial charge < -0.3 is 10.2 Å². The summed E-state index contributed by atoms with van der Waals surface area (Å²) in [5, 5.41) is 3.65. The van der Waals surface area contributed by atoms with Gasteiger partial charge in [-0.05, 0) is 49.4 Å². The largest absolute Gasteiger partial charge is 0.352 e. The van der Waals surface area contributed by atoms with E-state index in [4.69, 9.17) is 11.6 Å². The van der Waals surface area contributed by atoms with Crippen LogP contribution < -0.4 is 10.2 Å². The van der Waals surface area contributed by atoms with E-state index in [0.29, 0.717) is 11.6 Å². The Balaban J connectivity index is 1.49. The molecule has 1 N–H and O–H groups in total. The molecule has 0 spiro atoms. The van der Waals surface area contributed by atoms with Crippen molar-refractivity contribution in [1.82, 2.24) is 5.32 Å². The van der Waals surface area contributed by atoms with Crippen molar-refractivity contribution in [2.24, 2.45) is 11.8 Å². The molecule has 0 aromatic heterocycles. The number of hydrogen-bond acceptors (Lipinski definition) is 2. The van der Waals surface area contributed by atoms with Gasteiger partial charge in [0.25, 0.3) is 0 Å². The molecule has 0 bridgehead atoms. The molecule has 142 valence electrons. The van der Waals surface area contributed by atoms with Crippen LogP contribution in [-0.4, -0.2) is 18.9 Å². The van der Waals surface area contributed by atoms with Crippen LogP contribution in [0, 0.1) is 11.8 Å². The summed E-state index contributed by atoms with van der Waals surface area (Å²) in [5.41, 5.74) is 1.82. The van der Waals surface area contributed by atoms with Gasteiger partial charge in [-0.15, -0.1) is 0 Å².